The molecule has 33 heavy (non-hydrogen) atoms. The topological polar surface area (TPSA) is 79.6 Å². The van der Waals surface area contributed by atoms with Crippen molar-refractivity contribution in [2.24, 2.45) is 5.10 Å². The van der Waals surface area contributed by atoms with E-state index in [9.17, 15) is 5.11 Å². The van der Waals surface area contributed by atoms with E-state index < -0.39 is 0 Å². The van der Waals surface area contributed by atoms with E-state index >= 15 is 0 Å². The molecule has 1 heterocycles. The molecule has 1 aromatic heterocycles. The lowest BCUT2D eigenvalue weighted by atomic mass is 10.1. The van der Waals surface area contributed by atoms with Crippen LogP contribution in [0.3, 0.4) is 0 Å². The quantitative estimate of drug-likeness (QED) is 0.212. The number of nitrogens with one attached hydrogen (secondary N) is 1. The van der Waals surface area contributed by atoms with Crippen LogP contribution in [0.2, 0.25) is 0 Å². The first-order valence-corrected chi connectivity index (χ1v) is 11.4. The Balaban J connectivity index is 1.60. The number of rotatable bonds is 8. The molecule has 4 rings (SSSR count). The second-order valence-electron chi connectivity index (χ2n) is 7.27. The first-order chi connectivity index (χ1) is 16.1. The summed E-state index contributed by atoms with van der Waals surface area (Å²) >= 11 is 3.46. The van der Waals surface area contributed by atoms with Gasteiger partial charge < -0.3 is 9.84 Å². The minimum absolute atomic E-state index is 0.0948. The fourth-order valence-corrected chi connectivity index (χ4v) is 3.36. The van der Waals surface area contributed by atoms with Crippen LogP contribution in [-0.2, 0) is 0 Å². The smallest absolute Gasteiger partial charge is 0.162 e. The van der Waals surface area contributed by atoms with Gasteiger partial charge in [0.25, 0.3) is 0 Å². The summed E-state index contributed by atoms with van der Waals surface area (Å²) in [4.78, 5) is 9.37. The van der Waals surface area contributed by atoms with Gasteiger partial charge in [-0.05, 0) is 30.7 Å². The molecule has 0 aliphatic heterocycles. The van der Waals surface area contributed by atoms with Gasteiger partial charge in [-0.15, -0.1) is 0 Å². The van der Waals surface area contributed by atoms with Gasteiger partial charge in [0.15, 0.2) is 11.6 Å². The third-order valence-corrected chi connectivity index (χ3v) is 5.28. The molecule has 166 valence electrons. The van der Waals surface area contributed by atoms with Gasteiger partial charge in [-0.3, -0.25) is 5.43 Å². The number of aromatic hydroxyl groups is 1. The van der Waals surface area contributed by atoms with Gasteiger partial charge in [-0.2, -0.15) is 5.10 Å². The Kier molecular flexibility index (Phi) is 7.32. The van der Waals surface area contributed by atoms with E-state index in [-0.39, 0.29) is 5.75 Å². The van der Waals surface area contributed by atoms with Crippen LogP contribution < -0.4 is 10.2 Å². The summed E-state index contributed by atoms with van der Waals surface area (Å²) in [5, 5.41) is 14.5. The maximum absolute atomic E-state index is 10.3. The zero-order valence-corrected chi connectivity index (χ0v) is 19.7. The van der Waals surface area contributed by atoms with E-state index in [0.717, 1.165) is 27.7 Å². The molecule has 0 radical (unpaired) electrons. The number of ether oxygens (including phenoxy) is 1. The highest BCUT2D eigenvalue weighted by Crippen LogP contribution is 2.26. The molecule has 4 aromatic rings. The monoisotopic (exact) mass is 502 g/mol. The first-order valence-electron chi connectivity index (χ1n) is 10.6. The van der Waals surface area contributed by atoms with Crippen molar-refractivity contribution in [1.82, 2.24) is 9.97 Å². The Morgan fingerprint density at radius 1 is 0.970 bits per heavy atom. The zero-order chi connectivity index (χ0) is 23.0. The number of hydrogen-bond acceptors (Lipinski definition) is 6. The lowest BCUT2D eigenvalue weighted by Crippen LogP contribution is -1.99. The van der Waals surface area contributed by atoms with Gasteiger partial charge >= 0.3 is 0 Å². The molecule has 0 unspecified atom stereocenters. The van der Waals surface area contributed by atoms with Crippen LogP contribution in [0.15, 0.2) is 88.4 Å². The Bertz CT molecular complexity index is 1250. The molecule has 0 aliphatic carbocycles. The Labute approximate surface area is 201 Å². The number of phenols is 1. The molecule has 0 bridgehead atoms. The third-order valence-electron chi connectivity index (χ3n) is 4.76. The van der Waals surface area contributed by atoms with Gasteiger partial charge in [0, 0.05) is 33.3 Å². The largest absolute Gasteiger partial charge is 0.507 e. The van der Waals surface area contributed by atoms with Gasteiger partial charge in [0.2, 0.25) is 0 Å². The Morgan fingerprint density at radius 3 is 2.48 bits per heavy atom. The molecule has 0 saturated heterocycles. The van der Waals surface area contributed by atoms with Crippen molar-refractivity contribution >= 4 is 28.0 Å². The standard InChI is InChI=1S/C26H23BrN4O2/c1-2-14-33-22-13-10-20(24(32)15-22)17-28-31-25-16-23(18-6-4-3-5-7-18)29-26(30-25)19-8-11-21(27)12-9-19/h3-13,15-17,32H,2,14H2,1H3,(H,29,30,31)/b28-17+. The van der Waals surface area contributed by atoms with Crippen molar-refractivity contribution in [2.45, 2.75) is 13.3 Å². The van der Waals surface area contributed by atoms with E-state index in [1.165, 1.54) is 0 Å². The number of aromatic nitrogens is 2. The summed E-state index contributed by atoms with van der Waals surface area (Å²) in [6, 6.07) is 24.7. The Morgan fingerprint density at radius 2 is 1.76 bits per heavy atom. The second-order valence-corrected chi connectivity index (χ2v) is 8.19. The normalized spacial score (nSPS) is 11.0. The lowest BCUT2D eigenvalue weighted by molar-refractivity contribution is 0.315. The summed E-state index contributed by atoms with van der Waals surface area (Å²) < 4.78 is 6.53. The fraction of sp³-hybridized carbons (Fsp3) is 0.115. The van der Waals surface area contributed by atoms with Crippen molar-refractivity contribution in [1.29, 1.82) is 0 Å². The molecule has 0 atom stereocenters. The molecule has 0 fully saturated rings. The van der Waals surface area contributed by atoms with Crippen LogP contribution in [0.25, 0.3) is 22.6 Å². The van der Waals surface area contributed by atoms with Crippen LogP contribution in [0.1, 0.15) is 18.9 Å². The number of hydrazone groups is 1. The average Bonchev–Trinajstić information content (AvgIpc) is 2.85. The number of phenolic OH excluding ortho intramolecular Hbond substituents is 1. The highest BCUT2D eigenvalue weighted by Gasteiger charge is 2.09. The molecule has 0 aliphatic rings. The summed E-state index contributed by atoms with van der Waals surface area (Å²) in [5.41, 5.74) is 6.18. The molecular weight excluding hydrogens is 480 g/mol. The van der Waals surface area contributed by atoms with Crippen LogP contribution in [0.5, 0.6) is 11.5 Å². The molecule has 0 spiro atoms. The minimum atomic E-state index is 0.0948. The molecule has 3 aromatic carbocycles. The van der Waals surface area contributed by atoms with E-state index in [1.807, 2.05) is 67.6 Å². The SMILES string of the molecule is CCCOc1ccc(/C=N/Nc2cc(-c3ccccc3)nc(-c3ccc(Br)cc3)n2)c(O)c1. The number of hydrogen-bond donors (Lipinski definition) is 2. The van der Waals surface area contributed by atoms with Crippen molar-refractivity contribution < 1.29 is 9.84 Å². The van der Waals surface area contributed by atoms with Gasteiger partial charge in [-0.1, -0.05) is 65.3 Å². The van der Waals surface area contributed by atoms with E-state index in [2.05, 4.69) is 31.4 Å². The predicted molar refractivity (Wildman–Crippen MR) is 136 cm³/mol. The molecule has 7 heteroatoms. The summed E-state index contributed by atoms with van der Waals surface area (Å²) in [7, 11) is 0. The summed E-state index contributed by atoms with van der Waals surface area (Å²) in [6.07, 6.45) is 2.45. The molecule has 0 saturated carbocycles. The molecule has 2 N–H and O–H groups in total. The van der Waals surface area contributed by atoms with E-state index in [0.29, 0.717) is 29.6 Å². The number of anilines is 1. The second kappa shape index (κ2) is 10.7. The maximum atomic E-state index is 10.3. The minimum Gasteiger partial charge on any atom is -0.507 e. The zero-order valence-electron chi connectivity index (χ0n) is 18.1. The van der Waals surface area contributed by atoms with Gasteiger partial charge in [0.05, 0.1) is 18.5 Å². The summed E-state index contributed by atoms with van der Waals surface area (Å²) in [6.45, 7) is 2.64. The van der Waals surface area contributed by atoms with Crippen molar-refractivity contribution in [3.05, 3.63) is 88.9 Å². The molecule has 0 amide bonds. The predicted octanol–water partition coefficient (Wildman–Crippen LogP) is 6.51. The molecule has 6 nitrogen and oxygen atoms in total. The van der Waals surface area contributed by atoms with E-state index in [4.69, 9.17) is 9.72 Å². The van der Waals surface area contributed by atoms with Crippen LogP contribution in [0, 0.1) is 0 Å². The van der Waals surface area contributed by atoms with Crippen LogP contribution >= 0.6 is 15.9 Å². The highest BCUT2D eigenvalue weighted by molar-refractivity contribution is 9.10. The van der Waals surface area contributed by atoms with Crippen molar-refractivity contribution in [3.63, 3.8) is 0 Å². The molecular formula is C26H23BrN4O2. The third kappa shape index (κ3) is 5.96. The first kappa shape index (κ1) is 22.5. The summed E-state index contributed by atoms with van der Waals surface area (Å²) in [5.74, 6) is 1.85. The van der Waals surface area contributed by atoms with Gasteiger partial charge in [-0.25, -0.2) is 9.97 Å². The van der Waals surface area contributed by atoms with Crippen molar-refractivity contribution in [3.8, 4) is 34.1 Å². The number of nitrogens with zero attached hydrogens (tertiary/aromatic N) is 3. The highest BCUT2D eigenvalue weighted by atomic mass is 79.9. The van der Waals surface area contributed by atoms with Crippen LogP contribution in [-0.4, -0.2) is 27.9 Å². The Hall–Kier alpha value is -3.71. The number of halogens is 1. The van der Waals surface area contributed by atoms with Crippen molar-refractivity contribution in [2.75, 3.05) is 12.0 Å². The lowest BCUT2D eigenvalue weighted by Gasteiger charge is -2.09. The average molecular weight is 503 g/mol. The maximum Gasteiger partial charge on any atom is 0.162 e. The fourth-order valence-electron chi connectivity index (χ4n) is 3.10. The number of benzene rings is 3. The van der Waals surface area contributed by atoms with Crippen LogP contribution in [0.4, 0.5) is 5.82 Å². The van der Waals surface area contributed by atoms with E-state index in [1.54, 1.807) is 24.4 Å². The van der Waals surface area contributed by atoms with Gasteiger partial charge in [0.1, 0.15) is 11.5 Å².